The van der Waals surface area contributed by atoms with Crippen molar-refractivity contribution in [1.29, 1.82) is 0 Å². The lowest BCUT2D eigenvalue weighted by Crippen LogP contribution is -2.33. The smallest absolute Gasteiger partial charge is 0.219 e. The van der Waals surface area contributed by atoms with Crippen LogP contribution in [0.4, 0.5) is 0 Å². The molecule has 0 aromatic rings. The van der Waals surface area contributed by atoms with Crippen molar-refractivity contribution in [2.75, 3.05) is 25.9 Å². The Labute approximate surface area is 77.7 Å². The maximum Gasteiger partial charge on any atom is 0.219 e. The van der Waals surface area contributed by atoms with Crippen molar-refractivity contribution in [2.24, 2.45) is 0 Å². The van der Waals surface area contributed by atoms with Crippen LogP contribution in [0.2, 0.25) is 0 Å². The van der Waals surface area contributed by atoms with Crippen LogP contribution >= 0.6 is 11.8 Å². The zero-order valence-corrected chi connectivity index (χ0v) is 8.25. The molecule has 0 aromatic heterocycles. The molecule has 0 radical (unpaired) electrons. The van der Waals surface area contributed by atoms with Gasteiger partial charge in [-0.25, -0.2) is 0 Å². The second-order valence-electron chi connectivity index (χ2n) is 2.91. The van der Waals surface area contributed by atoms with Crippen molar-refractivity contribution in [3.05, 3.63) is 0 Å². The van der Waals surface area contributed by atoms with Gasteiger partial charge in [-0.3, -0.25) is 4.79 Å². The lowest BCUT2D eigenvalue weighted by molar-refractivity contribution is -0.120. The SMILES string of the molecule is CNC(=O)CCC1CNCCS1. The van der Waals surface area contributed by atoms with Crippen LogP contribution in [0.15, 0.2) is 0 Å². The molecule has 1 fully saturated rings. The molecule has 1 saturated heterocycles. The van der Waals surface area contributed by atoms with E-state index in [-0.39, 0.29) is 5.91 Å². The van der Waals surface area contributed by atoms with Gasteiger partial charge in [0.25, 0.3) is 0 Å². The summed E-state index contributed by atoms with van der Waals surface area (Å²) in [6, 6.07) is 0. The topological polar surface area (TPSA) is 41.1 Å². The van der Waals surface area contributed by atoms with Gasteiger partial charge in [-0.05, 0) is 6.42 Å². The number of hydrogen-bond donors (Lipinski definition) is 2. The molecule has 0 spiro atoms. The third-order valence-electron chi connectivity index (χ3n) is 1.98. The molecule has 0 aromatic carbocycles. The van der Waals surface area contributed by atoms with E-state index in [9.17, 15) is 4.79 Å². The fraction of sp³-hybridized carbons (Fsp3) is 0.875. The monoisotopic (exact) mass is 188 g/mol. The summed E-state index contributed by atoms with van der Waals surface area (Å²) in [5.74, 6) is 1.33. The molecule has 2 N–H and O–H groups in total. The number of carbonyl (C=O) groups is 1. The Hall–Kier alpha value is -0.220. The fourth-order valence-electron chi connectivity index (χ4n) is 1.22. The number of hydrogen-bond acceptors (Lipinski definition) is 3. The van der Waals surface area contributed by atoms with Crippen molar-refractivity contribution >= 4 is 17.7 Å². The summed E-state index contributed by atoms with van der Waals surface area (Å²) in [5.41, 5.74) is 0. The van der Waals surface area contributed by atoms with Crippen LogP contribution in [0.25, 0.3) is 0 Å². The number of nitrogens with one attached hydrogen (secondary N) is 2. The molecule has 12 heavy (non-hydrogen) atoms. The molecule has 0 bridgehead atoms. The minimum Gasteiger partial charge on any atom is -0.359 e. The van der Waals surface area contributed by atoms with Gasteiger partial charge in [-0.2, -0.15) is 11.8 Å². The summed E-state index contributed by atoms with van der Waals surface area (Å²) < 4.78 is 0. The summed E-state index contributed by atoms with van der Waals surface area (Å²) in [6.07, 6.45) is 1.66. The Balaban J connectivity index is 2.09. The second kappa shape index (κ2) is 5.43. The molecule has 1 atom stereocenters. The first-order chi connectivity index (χ1) is 5.83. The molecule has 1 amide bonds. The Morgan fingerprint density at radius 1 is 1.75 bits per heavy atom. The van der Waals surface area contributed by atoms with Gasteiger partial charge in [-0.1, -0.05) is 0 Å². The molecule has 1 unspecified atom stereocenters. The van der Waals surface area contributed by atoms with Crippen LogP contribution in [-0.4, -0.2) is 37.0 Å². The molecule has 0 saturated carbocycles. The molecule has 1 heterocycles. The third kappa shape index (κ3) is 3.45. The number of rotatable bonds is 3. The van der Waals surface area contributed by atoms with E-state index in [0.717, 1.165) is 19.5 Å². The second-order valence-corrected chi connectivity index (χ2v) is 4.32. The molecule has 1 rings (SSSR count). The van der Waals surface area contributed by atoms with E-state index in [1.165, 1.54) is 5.75 Å². The molecule has 70 valence electrons. The number of thioether (sulfide) groups is 1. The van der Waals surface area contributed by atoms with Crippen LogP contribution < -0.4 is 10.6 Å². The van der Waals surface area contributed by atoms with Crippen LogP contribution in [-0.2, 0) is 4.79 Å². The highest BCUT2D eigenvalue weighted by molar-refractivity contribution is 8.00. The molecule has 1 aliphatic heterocycles. The quantitative estimate of drug-likeness (QED) is 0.665. The minimum atomic E-state index is 0.154. The van der Waals surface area contributed by atoms with Gasteiger partial charge in [0.05, 0.1) is 0 Å². The normalized spacial score (nSPS) is 23.6. The first-order valence-corrected chi connectivity index (χ1v) is 5.40. The lowest BCUT2D eigenvalue weighted by atomic mass is 10.2. The standard InChI is InChI=1S/C8H16N2OS/c1-9-8(11)3-2-7-6-10-4-5-12-7/h7,10H,2-6H2,1H3,(H,9,11). The van der Waals surface area contributed by atoms with Gasteiger partial charge in [-0.15, -0.1) is 0 Å². The molecule has 0 aliphatic carbocycles. The number of amides is 1. The maximum atomic E-state index is 10.9. The van der Waals surface area contributed by atoms with E-state index in [4.69, 9.17) is 0 Å². The minimum absolute atomic E-state index is 0.154. The average molecular weight is 188 g/mol. The van der Waals surface area contributed by atoms with Gasteiger partial charge in [0.15, 0.2) is 0 Å². The maximum absolute atomic E-state index is 10.9. The molecule has 3 nitrogen and oxygen atoms in total. The summed E-state index contributed by atoms with van der Waals surface area (Å²) in [4.78, 5) is 10.9. The van der Waals surface area contributed by atoms with E-state index in [0.29, 0.717) is 11.7 Å². The Morgan fingerprint density at radius 2 is 2.58 bits per heavy atom. The molecular formula is C8H16N2OS. The third-order valence-corrected chi connectivity index (χ3v) is 3.29. The summed E-state index contributed by atoms with van der Waals surface area (Å²) in [5, 5.41) is 6.60. The number of carbonyl (C=O) groups excluding carboxylic acids is 1. The highest BCUT2D eigenvalue weighted by Gasteiger charge is 2.13. The first kappa shape index (κ1) is 9.86. The van der Waals surface area contributed by atoms with Crippen LogP contribution in [0.5, 0.6) is 0 Å². The lowest BCUT2D eigenvalue weighted by Gasteiger charge is -2.21. The van der Waals surface area contributed by atoms with E-state index in [1.807, 2.05) is 11.8 Å². The van der Waals surface area contributed by atoms with Crippen molar-refractivity contribution < 1.29 is 4.79 Å². The van der Waals surface area contributed by atoms with Crippen LogP contribution in [0.1, 0.15) is 12.8 Å². The Bertz CT molecular complexity index is 146. The zero-order valence-electron chi connectivity index (χ0n) is 7.43. The van der Waals surface area contributed by atoms with Crippen molar-refractivity contribution in [2.45, 2.75) is 18.1 Å². The van der Waals surface area contributed by atoms with Crippen LogP contribution in [0.3, 0.4) is 0 Å². The van der Waals surface area contributed by atoms with E-state index in [2.05, 4.69) is 10.6 Å². The first-order valence-electron chi connectivity index (χ1n) is 4.36. The van der Waals surface area contributed by atoms with Crippen molar-refractivity contribution in [1.82, 2.24) is 10.6 Å². The van der Waals surface area contributed by atoms with Gasteiger partial charge >= 0.3 is 0 Å². The highest BCUT2D eigenvalue weighted by Crippen LogP contribution is 2.17. The van der Waals surface area contributed by atoms with E-state index < -0.39 is 0 Å². The summed E-state index contributed by atoms with van der Waals surface area (Å²) >= 11 is 1.97. The Kier molecular flexibility index (Phi) is 4.46. The van der Waals surface area contributed by atoms with Crippen LogP contribution in [0, 0.1) is 0 Å². The molecule has 1 aliphatic rings. The van der Waals surface area contributed by atoms with E-state index in [1.54, 1.807) is 7.05 Å². The van der Waals surface area contributed by atoms with Gasteiger partial charge in [0.2, 0.25) is 5.91 Å². The van der Waals surface area contributed by atoms with Crippen molar-refractivity contribution in [3.63, 3.8) is 0 Å². The zero-order chi connectivity index (χ0) is 8.81. The summed E-state index contributed by atoms with van der Waals surface area (Å²) in [6.45, 7) is 2.17. The average Bonchev–Trinajstić information content (AvgIpc) is 2.16. The fourth-order valence-corrected chi connectivity index (χ4v) is 2.34. The molecular weight excluding hydrogens is 172 g/mol. The highest BCUT2D eigenvalue weighted by atomic mass is 32.2. The summed E-state index contributed by atoms with van der Waals surface area (Å²) in [7, 11) is 1.69. The van der Waals surface area contributed by atoms with Gasteiger partial charge in [0, 0.05) is 37.6 Å². The largest absolute Gasteiger partial charge is 0.359 e. The van der Waals surface area contributed by atoms with Gasteiger partial charge < -0.3 is 10.6 Å². The molecule has 4 heteroatoms. The predicted octanol–water partition coefficient (Wildman–Crippen LogP) is 0.218. The predicted molar refractivity (Wildman–Crippen MR) is 52.4 cm³/mol. The van der Waals surface area contributed by atoms with Crippen molar-refractivity contribution in [3.8, 4) is 0 Å². The van der Waals surface area contributed by atoms with Gasteiger partial charge in [0.1, 0.15) is 0 Å². The Morgan fingerprint density at radius 3 is 3.17 bits per heavy atom. The van der Waals surface area contributed by atoms with E-state index >= 15 is 0 Å².